The van der Waals surface area contributed by atoms with E-state index in [4.69, 9.17) is 0 Å². The van der Waals surface area contributed by atoms with Crippen LogP contribution in [0, 0.1) is 6.92 Å². The van der Waals surface area contributed by atoms with Gasteiger partial charge in [0.05, 0.1) is 0 Å². The van der Waals surface area contributed by atoms with Gasteiger partial charge in [-0.1, -0.05) is 11.6 Å². The number of hydrogen-bond acceptors (Lipinski definition) is 3. The lowest BCUT2D eigenvalue weighted by molar-refractivity contribution is 0.641. The fourth-order valence-corrected chi connectivity index (χ4v) is 2.70. The zero-order valence-corrected chi connectivity index (χ0v) is 13.3. The van der Waals surface area contributed by atoms with E-state index in [1.54, 1.807) is 6.07 Å². The topological polar surface area (TPSA) is 57.8 Å². The van der Waals surface area contributed by atoms with Gasteiger partial charge in [0.15, 0.2) is 5.43 Å². The van der Waals surface area contributed by atoms with Gasteiger partial charge in [0.2, 0.25) is 0 Å². The summed E-state index contributed by atoms with van der Waals surface area (Å²) in [6.07, 6.45) is 5.73. The standard InChI is InChI=1S/C19H21N3O/c1-14-4-5-18-17(11-14)19(23)12-16(22-18)13-21-8-2-3-15-6-9-20-10-7-15/h4-7,9-12,21H,2-3,8,13H2,1H3,(H,22,23). The zero-order valence-electron chi connectivity index (χ0n) is 13.3. The van der Waals surface area contributed by atoms with Crippen molar-refractivity contribution in [2.75, 3.05) is 6.54 Å². The molecule has 0 saturated carbocycles. The Bertz CT molecular complexity index is 840. The number of hydrogen-bond donors (Lipinski definition) is 2. The average Bonchev–Trinajstić information content (AvgIpc) is 2.56. The van der Waals surface area contributed by atoms with Crippen LogP contribution >= 0.6 is 0 Å². The van der Waals surface area contributed by atoms with Gasteiger partial charge in [-0.05, 0) is 56.1 Å². The molecule has 1 aromatic carbocycles. The Balaban J connectivity index is 1.55. The number of nitrogens with zero attached hydrogens (tertiary/aromatic N) is 1. The smallest absolute Gasteiger partial charge is 0.189 e. The number of aromatic nitrogens is 2. The van der Waals surface area contributed by atoms with Crippen LogP contribution in [-0.2, 0) is 13.0 Å². The summed E-state index contributed by atoms with van der Waals surface area (Å²) >= 11 is 0. The first-order chi connectivity index (χ1) is 11.2. The number of aromatic amines is 1. The first kappa shape index (κ1) is 15.4. The Morgan fingerprint density at radius 3 is 2.78 bits per heavy atom. The molecule has 0 spiro atoms. The van der Waals surface area contributed by atoms with E-state index in [2.05, 4.69) is 15.3 Å². The molecule has 0 radical (unpaired) electrons. The maximum atomic E-state index is 12.2. The molecule has 0 unspecified atom stereocenters. The van der Waals surface area contributed by atoms with E-state index in [1.165, 1.54) is 5.56 Å². The number of nitrogens with one attached hydrogen (secondary N) is 2. The van der Waals surface area contributed by atoms with Gasteiger partial charge in [-0.3, -0.25) is 9.78 Å². The second-order valence-corrected chi connectivity index (χ2v) is 5.84. The van der Waals surface area contributed by atoms with Crippen LogP contribution in [0.5, 0.6) is 0 Å². The molecule has 2 heterocycles. The van der Waals surface area contributed by atoms with Gasteiger partial charge in [-0.25, -0.2) is 0 Å². The highest BCUT2D eigenvalue weighted by Gasteiger charge is 2.02. The summed E-state index contributed by atoms with van der Waals surface area (Å²) in [5.74, 6) is 0. The molecule has 3 aromatic rings. The molecule has 0 bridgehead atoms. The highest BCUT2D eigenvalue weighted by Crippen LogP contribution is 2.10. The zero-order chi connectivity index (χ0) is 16.1. The van der Waals surface area contributed by atoms with Gasteiger partial charge in [-0.15, -0.1) is 0 Å². The lowest BCUT2D eigenvalue weighted by Crippen LogP contribution is -2.18. The van der Waals surface area contributed by atoms with Gasteiger partial charge in [-0.2, -0.15) is 0 Å². The first-order valence-corrected chi connectivity index (χ1v) is 7.94. The van der Waals surface area contributed by atoms with Crippen molar-refractivity contribution in [1.29, 1.82) is 0 Å². The molecule has 118 valence electrons. The summed E-state index contributed by atoms with van der Waals surface area (Å²) in [6.45, 7) is 3.59. The Labute approximate surface area is 135 Å². The van der Waals surface area contributed by atoms with E-state index < -0.39 is 0 Å². The van der Waals surface area contributed by atoms with E-state index in [0.29, 0.717) is 6.54 Å². The van der Waals surface area contributed by atoms with Gasteiger partial charge in [0, 0.05) is 41.6 Å². The molecular weight excluding hydrogens is 286 g/mol. The molecular formula is C19H21N3O. The fourth-order valence-electron chi connectivity index (χ4n) is 2.70. The van der Waals surface area contributed by atoms with Crippen LogP contribution in [0.1, 0.15) is 23.2 Å². The normalized spacial score (nSPS) is 11.0. The van der Waals surface area contributed by atoms with Crippen molar-refractivity contribution in [2.45, 2.75) is 26.3 Å². The predicted molar refractivity (Wildman–Crippen MR) is 93.6 cm³/mol. The second kappa shape index (κ2) is 7.20. The fraction of sp³-hybridized carbons (Fsp3) is 0.263. The van der Waals surface area contributed by atoms with Gasteiger partial charge < -0.3 is 10.3 Å². The monoisotopic (exact) mass is 307 g/mol. The minimum atomic E-state index is 0.0797. The minimum Gasteiger partial charge on any atom is -0.357 e. The molecule has 4 nitrogen and oxygen atoms in total. The number of rotatable bonds is 6. The quantitative estimate of drug-likeness (QED) is 0.688. The van der Waals surface area contributed by atoms with E-state index in [1.807, 2.05) is 49.6 Å². The van der Waals surface area contributed by atoms with Crippen LogP contribution in [0.2, 0.25) is 0 Å². The van der Waals surface area contributed by atoms with Crippen LogP contribution < -0.4 is 10.7 Å². The molecule has 0 atom stereocenters. The average molecular weight is 307 g/mol. The largest absolute Gasteiger partial charge is 0.357 e. The molecule has 4 heteroatoms. The van der Waals surface area contributed by atoms with Crippen molar-refractivity contribution >= 4 is 10.9 Å². The highest BCUT2D eigenvalue weighted by molar-refractivity contribution is 5.79. The van der Waals surface area contributed by atoms with E-state index >= 15 is 0 Å². The summed E-state index contributed by atoms with van der Waals surface area (Å²) in [5, 5.41) is 4.15. The maximum Gasteiger partial charge on any atom is 0.189 e. The summed E-state index contributed by atoms with van der Waals surface area (Å²) in [7, 11) is 0. The maximum absolute atomic E-state index is 12.2. The molecule has 0 amide bonds. The van der Waals surface area contributed by atoms with Gasteiger partial charge in [0.1, 0.15) is 0 Å². The van der Waals surface area contributed by atoms with Crippen molar-refractivity contribution in [3.8, 4) is 0 Å². The number of H-pyrrole nitrogens is 1. The lowest BCUT2D eigenvalue weighted by Gasteiger charge is -2.07. The van der Waals surface area contributed by atoms with Crippen LogP contribution in [-0.4, -0.2) is 16.5 Å². The molecule has 0 fully saturated rings. The highest BCUT2D eigenvalue weighted by atomic mass is 16.1. The molecule has 0 aliphatic rings. The van der Waals surface area contributed by atoms with Crippen LogP contribution in [0.25, 0.3) is 10.9 Å². The Hall–Kier alpha value is -2.46. The number of pyridine rings is 2. The van der Waals surface area contributed by atoms with Gasteiger partial charge in [0.25, 0.3) is 0 Å². The molecule has 3 rings (SSSR count). The van der Waals surface area contributed by atoms with Crippen molar-refractivity contribution < 1.29 is 0 Å². The third-order valence-electron chi connectivity index (χ3n) is 3.92. The van der Waals surface area contributed by atoms with E-state index in [9.17, 15) is 4.79 Å². The third kappa shape index (κ3) is 4.05. The predicted octanol–water partition coefficient (Wildman–Crippen LogP) is 2.95. The summed E-state index contributed by atoms with van der Waals surface area (Å²) in [6, 6.07) is 11.7. The molecule has 0 aliphatic carbocycles. The molecule has 2 N–H and O–H groups in total. The Morgan fingerprint density at radius 2 is 1.96 bits per heavy atom. The van der Waals surface area contributed by atoms with Crippen molar-refractivity contribution in [3.05, 3.63) is 75.8 Å². The van der Waals surface area contributed by atoms with E-state index in [-0.39, 0.29) is 5.43 Å². The minimum absolute atomic E-state index is 0.0797. The van der Waals surface area contributed by atoms with Crippen LogP contribution in [0.3, 0.4) is 0 Å². The third-order valence-corrected chi connectivity index (χ3v) is 3.92. The molecule has 0 aliphatic heterocycles. The SMILES string of the molecule is Cc1ccc2[nH]c(CNCCCc3ccncc3)cc(=O)c2c1. The molecule has 0 saturated heterocycles. The molecule has 2 aromatic heterocycles. The molecule has 23 heavy (non-hydrogen) atoms. The van der Waals surface area contributed by atoms with E-state index in [0.717, 1.165) is 41.5 Å². The number of benzene rings is 1. The summed E-state index contributed by atoms with van der Waals surface area (Å²) < 4.78 is 0. The number of fused-ring (bicyclic) bond motifs is 1. The summed E-state index contributed by atoms with van der Waals surface area (Å²) in [4.78, 5) is 19.5. The van der Waals surface area contributed by atoms with Crippen molar-refractivity contribution in [2.24, 2.45) is 0 Å². The Morgan fingerprint density at radius 1 is 1.13 bits per heavy atom. The first-order valence-electron chi connectivity index (χ1n) is 7.94. The Kier molecular flexibility index (Phi) is 4.83. The number of aryl methyl sites for hydroxylation is 2. The van der Waals surface area contributed by atoms with Crippen molar-refractivity contribution in [3.63, 3.8) is 0 Å². The lowest BCUT2D eigenvalue weighted by atomic mass is 10.1. The summed E-state index contributed by atoms with van der Waals surface area (Å²) in [5.41, 5.74) is 4.31. The van der Waals surface area contributed by atoms with Crippen LogP contribution in [0.15, 0.2) is 53.6 Å². The van der Waals surface area contributed by atoms with Crippen molar-refractivity contribution in [1.82, 2.24) is 15.3 Å². The van der Waals surface area contributed by atoms with Gasteiger partial charge >= 0.3 is 0 Å². The van der Waals surface area contributed by atoms with Crippen LogP contribution in [0.4, 0.5) is 0 Å². The second-order valence-electron chi connectivity index (χ2n) is 5.84.